The topological polar surface area (TPSA) is 62.0 Å². The third-order valence-electron chi connectivity index (χ3n) is 4.91. The second kappa shape index (κ2) is 8.00. The van der Waals surface area contributed by atoms with Gasteiger partial charge < -0.3 is 4.98 Å². The number of hydrogen-bond donors (Lipinski definition) is 2. The molecule has 0 saturated carbocycles. The highest BCUT2D eigenvalue weighted by atomic mass is 32.2. The van der Waals surface area contributed by atoms with Crippen molar-refractivity contribution in [3.63, 3.8) is 0 Å². The summed E-state index contributed by atoms with van der Waals surface area (Å²) in [6.07, 6.45) is 1.98. The second-order valence-electron chi connectivity index (χ2n) is 6.85. The van der Waals surface area contributed by atoms with Crippen LogP contribution in [-0.4, -0.2) is 19.9 Å². The van der Waals surface area contributed by atoms with Crippen molar-refractivity contribution in [2.75, 3.05) is 6.54 Å². The quantitative estimate of drug-likeness (QED) is 0.491. The van der Waals surface area contributed by atoms with Crippen LogP contribution < -0.4 is 4.72 Å². The molecule has 2 N–H and O–H groups in total. The predicted octanol–water partition coefficient (Wildman–Crippen LogP) is 4.42. The lowest BCUT2D eigenvalue weighted by atomic mass is 9.91. The summed E-state index contributed by atoms with van der Waals surface area (Å²) in [5, 5.41) is 1.11. The molecule has 0 saturated heterocycles. The number of fused-ring (bicyclic) bond motifs is 1. The molecule has 4 rings (SSSR count). The first-order chi connectivity index (χ1) is 13.6. The van der Waals surface area contributed by atoms with Gasteiger partial charge in [0.15, 0.2) is 0 Å². The molecule has 142 valence electrons. The predicted molar refractivity (Wildman–Crippen MR) is 114 cm³/mol. The molecule has 0 unspecified atom stereocenters. The third kappa shape index (κ3) is 4.16. The first-order valence-corrected chi connectivity index (χ1v) is 10.9. The van der Waals surface area contributed by atoms with Gasteiger partial charge in [-0.05, 0) is 22.8 Å². The lowest BCUT2D eigenvalue weighted by Gasteiger charge is -2.18. The summed E-state index contributed by atoms with van der Waals surface area (Å²) in [6.45, 7) is 0.307. The van der Waals surface area contributed by atoms with E-state index in [1.807, 2.05) is 85.1 Å². The molecule has 0 aliphatic heterocycles. The first kappa shape index (κ1) is 18.5. The Hall–Kier alpha value is -2.89. The highest BCUT2D eigenvalue weighted by Gasteiger charge is 2.21. The summed E-state index contributed by atoms with van der Waals surface area (Å²) in [5.74, 6) is -0.105. The summed E-state index contributed by atoms with van der Waals surface area (Å²) in [5.41, 5.74) is 3.99. The summed E-state index contributed by atoms with van der Waals surface area (Å²) in [4.78, 5) is 3.30. The average Bonchev–Trinajstić information content (AvgIpc) is 3.13. The van der Waals surface area contributed by atoms with E-state index in [4.69, 9.17) is 0 Å². The third-order valence-corrected chi connectivity index (χ3v) is 6.23. The minimum atomic E-state index is -3.44. The summed E-state index contributed by atoms with van der Waals surface area (Å²) in [7, 11) is -3.44. The van der Waals surface area contributed by atoms with Gasteiger partial charge >= 0.3 is 0 Å². The fourth-order valence-corrected chi connectivity index (χ4v) is 4.68. The van der Waals surface area contributed by atoms with Crippen molar-refractivity contribution in [3.05, 3.63) is 108 Å². The first-order valence-electron chi connectivity index (χ1n) is 9.24. The van der Waals surface area contributed by atoms with Crippen LogP contribution in [0, 0.1) is 0 Å². The number of aromatic amines is 1. The van der Waals surface area contributed by atoms with Gasteiger partial charge in [0.2, 0.25) is 10.0 Å². The normalized spacial score (nSPS) is 12.9. The van der Waals surface area contributed by atoms with E-state index in [1.54, 1.807) is 0 Å². The van der Waals surface area contributed by atoms with Gasteiger partial charge in [-0.1, -0.05) is 78.9 Å². The van der Waals surface area contributed by atoms with Crippen molar-refractivity contribution in [2.24, 2.45) is 0 Å². The van der Waals surface area contributed by atoms with Crippen molar-refractivity contribution in [2.45, 2.75) is 11.7 Å². The molecule has 0 aliphatic rings. The van der Waals surface area contributed by atoms with E-state index in [0.717, 1.165) is 27.6 Å². The van der Waals surface area contributed by atoms with Crippen LogP contribution in [0.15, 0.2) is 91.1 Å². The van der Waals surface area contributed by atoms with Crippen LogP contribution in [0.1, 0.15) is 22.6 Å². The van der Waals surface area contributed by atoms with Gasteiger partial charge in [-0.3, -0.25) is 0 Å². The molecule has 0 spiro atoms. The Balaban J connectivity index is 1.62. The molecule has 1 aromatic heterocycles. The smallest absolute Gasteiger partial charge is 0.215 e. The molecule has 1 atom stereocenters. The Kier molecular flexibility index (Phi) is 5.28. The van der Waals surface area contributed by atoms with Crippen molar-refractivity contribution >= 4 is 20.9 Å². The lowest BCUT2D eigenvalue weighted by Crippen LogP contribution is -2.30. The maximum Gasteiger partial charge on any atom is 0.215 e. The number of sulfonamides is 1. The van der Waals surface area contributed by atoms with Gasteiger partial charge in [0.1, 0.15) is 0 Å². The Bertz CT molecular complexity index is 1150. The van der Waals surface area contributed by atoms with E-state index in [-0.39, 0.29) is 11.7 Å². The van der Waals surface area contributed by atoms with Crippen LogP contribution in [0.4, 0.5) is 0 Å². The van der Waals surface area contributed by atoms with Crippen LogP contribution in [-0.2, 0) is 15.8 Å². The number of para-hydroxylation sites is 1. The fraction of sp³-hybridized carbons (Fsp3) is 0.130. The molecular weight excluding hydrogens is 368 g/mol. The van der Waals surface area contributed by atoms with E-state index in [1.165, 1.54) is 0 Å². The Morgan fingerprint density at radius 1 is 0.821 bits per heavy atom. The molecule has 4 nitrogen and oxygen atoms in total. The number of rotatable bonds is 7. The molecule has 28 heavy (non-hydrogen) atoms. The number of hydrogen-bond acceptors (Lipinski definition) is 2. The van der Waals surface area contributed by atoms with Crippen molar-refractivity contribution in [3.8, 4) is 0 Å². The monoisotopic (exact) mass is 390 g/mol. The van der Waals surface area contributed by atoms with Crippen LogP contribution >= 0.6 is 0 Å². The molecule has 0 fully saturated rings. The van der Waals surface area contributed by atoms with Crippen LogP contribution in [0.25, 0.3) is 10.9 Å². The zero-order valence-corrected chi connectivity index (χ0v) is 16.2. The molecular formula is C23H22N2O2S. The second-order valence-corrected chi connectivity index (χ2v) is 8.65. The van der Waals surface area contributed by atoms with E-state index in [9.17, 15) is 8.42 Å². The molecule has 1 heterocycles. The van der Waals surface area contributed by atoms with E-state index in [0.29, 0.717) is 6.54 Å². The molecule has 0 radical (unpaired) electrons. The van der Waals surface area contributed by atoms with Gasteiger partial charge in [0.25, 0.3) is 0 Å². The zero-order valence-electron chi connectivity index (χ0n) is 15.4. The van der Waals surface area contributed by atoms with Crippen LogP contribution in [0.5, 0.6) is 0 Å². The van der Waals surface area contributed by atoms with Crippen molar-refractivity contribution in [1.29, 1.82) is 0 Å². The largest absolute Gasteiger partial charge is 0.361 e. The Labute approximate surface area is 165 Å². The fourth-order valence-electron chi connectivity index (χ4n) is 3.53. The molecule has 4 aromatic rings. The highest BCUT2D eigenvalue weighted by Crippen LogP contribution is 2.30. The number of aromatic nitrogens is 1. The minimum Gasteiger partial charge on any atom is -0.361 e. The summed E-state index contributed by atoms with van der Waals surface area (Å²) < 4.78 is 28.1. The molecule has 0 amide bonds. The standard InChI is InChI=1S/C23H22N2O2S/c26-28(27,17-18-9-3-1-4-10-18)25-16-21(19-11-5-2-6-12-19)22-15-24-23-14-8-7-13-20(22)23/h1-15,21,24-25H,16-17H2/t21-/m1/s1. The number of benzene rings is 3. The van der Waals surface area contributed by atoms with Crippen LogP contribution in [0.3, 0.4) is 0 Å². The van der Waals surface area contributed by atoms with Gasteiger partial charge in [0.05, 0.1) is 5.75 Å². The maximum atomic E-state index is 12.6. The van der Waals surface area contributed by atoms with Crippen molar-refractivity contribution in [1.82, 2.24) is 9.71 Å². The highest BCUT2D eigenvalue weighted by molar-refractivity contribution is 7.88. The number of H-pyrrole nitrogens is 1. The minimum absolute atomic E-state index is 0.0246. The zero-order chi connectivity index (χ0) is 19.4. The van der Waals surface area contributed by atoms with Crippen LogP contribution in [0.2, 0.25) is 0 Å². The lowest BCUT2D eigenvalue weighted by molar-refractivity contribution is 0.577. The van der Waals surface area contributed by atoms with E-state index < -0.39 is 10.0 Å². The van der Waals surface area contributed by atoms with E-state index >= 15 is 0 Å². The Morgan fingerprint density at radius 3 is 2.21 bits per heavy atom. The molecule has 0 bridgehead atoms. The number of nitrogens with one attached hydrogen (secondary N) is 2. The SMILES string of the molecule is O=S(=O)(Cc1ccccc1)NC[C@H](c1ccccc1)c1c[nH]c2ccccc12. The van der Waals surface area contributed by atoms with E-state index in [2.05, 4.69) is 15.8 Å². The summed E-state index contributed by atoms with van der Waals surface area (Å²) in [6, 6.07) is 27.3. The summed E-state index contributed by atoms with van der Waals surface area (Å²) >= 11 is 0. The molecule has 5 heteroatoms. The van der Waals surface area contributed by atoms with Gasteiger partial charge in [0, 0.05) is 29.6 Å². The van der Waals surface area contributed by atoms with Gasteiger partial charge in [-0.2, -0.15) is 0 Å². The van der Waals surface area contributed by atoms with Gasteiger partial charge in [-0.15, -0.1) is 0 Å². The average molecular weight is 391 g/mol. The maximum absolute atomic E-state index is 12.6. The Morgan fingerprint density at radius 2 is 1.46 bits per heavy atom. The van der Waals surface area contributed by atoms with Crippen molar-refractivity contribution < 1.29 is 8.42 Å². The molecule has 3 aromatic carbocycles. The molecule has 0 aliphatic carbocycles. The van der Waals surface area contributed by atoms with Gasteiger partial charge in [-0.25, -0.2) is 13.1 Å².